The molecule has 140 valence electrons. The van der Waals surface area contributed by atoms with Gasteiger partial charge in [0.25, 0.3) is 0 Å². The second-order valence-corrected chi connectivity index (χ2v) is 7.54. The molecule has 0 aromatic heterocycles. The van der Waals surface area contributed by atoms with E-state index in [-0.39, 0.29) is 36.4 Å². The molecule has 2 N–H and O–H groups in total. The second kappa shape index (κ2) is 10.9. The molecule has 1 saturated heterocycles. The molecule has 1 unspecified atom stereocenters. The zero-order chi connectivity index (χ0) is 17.5. The Morgan fingerprint density at radius 1 is 1.46 bits per heavy atom. The third-order valence-electron chi connectivity index (χ3n) is 3.50. The monoisotopic (exact) mass is 473 g/mol. The van der Waals surface area contributed by atoms with Gasteiger partial charge in [0.05, 0.1) is 5.25 Å². The zero-order valence-electron chi connectivity index (χ0n) is 14.5. The third kappa shape index (κ3) is 6.93. The number of aliphatic imine (C=N–C) groups is 1. The maximum atomic E-state index is 12.1. The van der Waals surface area contributed by atoms with Crippen LogP contribution in [0.3, 0.4) is 0 Å². The summed E-state index contributed by atoms with van der Waals surface area (Å²) in [5.74, 6) is 0.424. The zero-order valence-corrected chi connectivity index (χ0v) is 17.6. The highest BCUT2D eigenvalue weighted by atomic mass is 127. The van der Waals surface area contributed by atoms with Crippen LogP contribution in [0, 0.1) is 0 Å². The molecule has 0 aromatic carbocycles. The molecule has 8 nitrogen and oxygen atoms in total. The van der Waals surface area contributed by atoms with E-state index in [9.17, 15) is 13.2 Å². The smallest absolute Gasteiger partial charge is 0.243 e. The van der Waals surface area contributed by atoms with Crippen molar-refractivity contribution in [1.82, 2.24) is 19.8 Å². The maximum Gasteiger partial charge on any atom is 0.243 e. The predicted molar refractivity (Wildman–Crippen MR) is 107 cm³/mol. The van der Waals surface area contributed by atoms with Crippen LogP contribution in [-0.2, 0) is 14.8 Å². The van der Waals surface area contributed by atoms with Crippen molar-refractivity contribution in [1.29, 1.82) is 0 Å². The minimum absolute atomic E-state index is 0. The van der Waals surface area contributed by atoms with Crippen LogP contribution >= 0.6 is 24.0 Å². The fraction of sp³-hybridized carbons (Fsp3) is 0.714. The topological polar surface area (TPSA) is 94.1 Å². The molecule has 0 radical (unpaired) electrons. The molecule has 1 atom stereocenters. The summed E-state index contributed by atoms with van der Waals surface area (Å²) in [6.45, 7) is 7.24. The molecule has 1 aliphatic rings. The molecule has 0 aromatic rings. The molecule has 1 amide bonds. The summed E-state index contributed by atoms with van der Waals surface area (Å²) in [4.78, 5) is 19.3. The van der Waals surface area contributed by atoms with Crippen LogP contribution in [0.4, 0.5) is 0 Å². The summed E-state index contributed by atoms with van der Waals surface area (Å²) in [6, 6.07) is 0. The molecule has 0 aliphatic carbocycles. The minimum Gasteiger partial charge on any atom is -0.353 e. The molecule has 0 spiro atoms. The first-order chi connectivity index (χ1) is 10.8. The van der Waals surface area contributed by atoms with E-state index in [1.165, 1.54) is 4.90 Å². The number of sulfonamides is 1. The van der Waals surface area contributed by atoms with Gasteiger partial charge in [-0.25, -0.2) is 18.1 Å². The lowest BCUT2D eigenvalue weighted by Gasteiger charge is -2.22. The van der Waals surface area contributed by atoms with Gasteiger partial charge in [-0.15, -0.1) is 30.6 Å². The summed E-state index contributed by atoms with van der Waals surface area (Å²) in [5.41, 5.74) is 0. The van der Waals surface area contributed by atoms with Crippen molar-refractivity contribution in [3.8, 4) is 0 Å². The lowest BCUT2D eigenvalue weighted by Crippen LogP contribution is -2.43. The summed E-state index contributed by atoms with van der Waals surface area (Å²) >= 11 is 0. The van der Waals surface area contributed by atoms with Crippen LogP contribution in [0.2, 0.25) is 0 Å². The van der Waals surface area contributed by atoms with E-state index in [0.29, 0.717) is 38.6 Å². The van der Waals surface area contributed by atoms with E-state index in [1.54, 1.807) is 27.1 Å². The number of rotatable bonds is 7. The van der Waals surface area contributed by atoms with Gasteiger partial charge in [0.1, 0.15) is 6.54 Å². The van der Waals surface area contributed by atoms with Crippen LogP contribution in [-0.4, -0.2) is 82.2 Å². The molecule has 1 rings (SSSR count). The quantitative estimate of drug-likeness (QED) is 0.232. The predicted octanol–water partition coefficient (Wildman–Crippen LogP) is -0.162. The maximum absolute atomic E-state index is 12.1. The Hall–Kier alpha value is -0.880. The normalized spacial score (nSPS) is 18.0. The summed E-state index contributed by atoms with van der Waals surface area (Å²) in [7, 11) is 0.0289. The Kier molecular flexibility index (Phi) is 10.5. The van der Waals surface area contributed by atoms with E-state index >= 15 is 0 Å². The van der Waals surface area contributed by atoms with Gasteiger partial charge in [-0.1, -0.05) is 13.0 Å². The Balaban J connectivity index is 0.00000529. The minimum atomic E-state index is -3.31. The second-order valence-electron chi connectivity index (χ2n) is 5.50. The molecule has 10 heteroatoms. The fourth-order valence-corrected chi connectivity index (χ4v) is 3.64. The van der Waals surface area contributed by atoms with Crippen molar-refractivity contribution in [3.63, 3.8) is 0 Å². The number of nitrogens with zero attached hydrogens (tertiary/aromatic N) is 3. The lowest BCUT2D eigenvalue weighted by atomic mass is 10.4. The molecular formula is C14H28IN5O3S. The van der Waals surface area contributed by atoms with Crippen molar-refractivity contribution in [3.05, 3.63) is 12.7 Å². The number of nitrogens with one attached hydrogen (secondary N) is 2. The first-order valence-corrected chi connectivity index (χ1v) is 9.19. The molecule has 0 bridgehead atoms. The Morgan fingerprint density at radius 2 is 2.12 bits per heavy atom. The van der Waals surface area contributed by atoms with Gasteiger partial charge in [0.15, 0.2) is 5.96 Å². The van der Waals surface area contributed by atoms with Gasteiger partial charge in [0, 0.05) is 40.3 Å². The molecule has 0 saturated carbocycles. The molecule has 1 aliphatic heterocycles. The molecule has 24 heavy (non-hydrogen) atoms. The van der Waals surface area contributed by atoms with Gasteiger partial charge < -0.3 is 15.1 Å². The number of likely N-dealkylation sites (tertiary alicyclic amines) is 1. The Bertz CT molecular complexity index is 551. The highest BCUT2D eigenvalue weighted by Crippen LogP contribution is 2.16. The van der Waals surface area contributed by atoms with Gasteiger partial charge >= 0.3 is 0 Å². The van der Waals surface area contributed by atoms with E-state index < -0.39 is 15.3 Å². The number of carbonyl (C=O) groups is 1. The van der Waals surface area contributed by atoms with Crippen LogP contribution in [0.1, 0.15) is 13.3 Å². The largest absolute Gasteiger partial charge is 0.353 e. The fourth-order valence-electron chi connectivity index (χ4n) is 2.21. The van der Waals surface area contributed by atoms with Crippen LogP contribution in [0.15, 0.2) is 17.6 Å². The standard InChI is InChI=1S/C14H27N5O3S.HI/c1-5-8-15-14(16-10-13(20)18(3)4)19-9-7-12(11-19)23(21,22)17-6-2;/h5,12,17H,1,6-11H2,2-4H3,(H,15,16);1H. The number of amides is 1. The SMILES string of the molecule is C=CCNC(=NCC(=O)N(C)C)N1CCC(S(=O)(=O)NCC)C1.I. The van der Waals surface area contributed by atoms with Crippen molar-refractivity contribution in [2.45, 2.75) is 18.6 Å². The lowest BCUT2D eigenvalue weighted by molar-refractivity contribution is -0.127. The van der Waals surface area contributed by atoms with E-state index in [2.05, 4.69) is 21.6 Å². The van der Waals surface area contributed by atoms with Crippen molar-refractivity contribution in [2.75, 3.05) is 46.8 Å². The number of hydrogen-bond donors (Lipinski definition) is 2. The van der Waals surface area contributed by atoms with Crippen LogP contribution in [0.5, 0.6) is 0 Å². The molecule has 1 fully saturated rings. The van der Waals surface area contributed by atoms with Crippen LogP contribution in [0.25, 0.3) is 0 Å². The average molecular weight is 473 g/mol. The van der Waals surface area contributed by atoms with E-state index in [0.717, 1.165) is 0 Å². The number of carbonyl (C=O) groups excluding carboxylic acids is 1. The summed E-state index contributed by atoms with van der Waals surface area (Å²) < 4.78 is 26.7. The van der Waals surface area contributed by atoms with Crippen LogP contribution < -0.4 is 10.0 Å². The Morgan fingerprint density at radius 3 is 2.67 bits per heavy atom. The first kappa shape index (κ1) is 23.1. The average Bonchev–Trinajstić information content (AvgIpc) is 2.97. The number of halogens is 1. The number of hydrogen-bond acceptors (Lipinski definition) is 4. The van der Waals surface area contributed by atoms with Gasteiger partial charge in [0.2, 0.25) is 15.9 Å². The third-order valence-corrected chi connectivity index (χ3v) is 5.45. The van der Waals surface area contributed by atoms with Crippen molar-refractivity contribution in [2.24, 2.45) is 4.99 Å². The van der Waals surface area contributed by atoms with E-state index in [1.807, 2.05) is 4.90 Å². The number of likely N-dealkylation sites (N-methyl/N-ethyl adjacent to an activating group) is 1. The van der Waals surface area contributed by atoms with Crippen molar-refractivity contribution >= 4 is 45.9 Å². The van der Waals surface area contributed by atoms with Gasteiger partial charge in [-0.3, -0.25) is 4.79 Å². The van der Waals surface area contributed by atoms with Crippen molar-refractivity contribution < 1.29 is 13.2 Å². The van der Waals surface area contributed by atoms with Gasteiger partial charge in [-0.2, -0.15) is 0 Å². The molecular weight excluding hydrogens is 445 g/mol. The first-order valence-electron chi connectivity index (χ1n) is 7.64. The molecule has 1 heterocycles. The summed E-state index contributed by atoms with van der Waals surface area (Å²) in [5, 5.41) is 2.61. The highest BCUT2D eigenvalue weighted by molar-refractivity contribution is 14.0. The van der Waals surface area contributed by atoms with E-state index in [4.69, 9.17) is 0 Å². The highest BCUT2D eigenvalue weighted by Gasteiger charge is 2.33. The summed E-state index contributed by atoms with van der Waals surface area (Å²) in [6.07, 6.45) is 2.22. The number of guanidine groups is 1. The Labute approximate surface area is 161 Å². The van der Waals surface area contributed by atoms with Gasteiger partial charge in [-0.05, 0) is 6.42 Å².